The van der Waals surface area contributed by atoms with Gasteiger partial charge in [-0.15, -0.1) is 0 Å². The topological polar surface area (TPSA) is 75.6 Å². The Hall–Kier alpha value is -2.25. The van der Waals surface area contributed by atoms with E-state index in [2.05, 4.69) is 10.1 Å². The van der Waals surface area contributed by atoms with Crippen molar-refractivity contribution in [1.29, 1.82) is 0 Å². The van der Waals surface area contributed by atoms with Gasteiger partial charge in [0.15, 0.2) is 6.61 Å². The van der Waals surface area contributed by atoms with E-state index >= 15 is 0 Å². The molecule has 1 aromatic carbocycles. The Labute approximate surface area is 124 Å². The summed E-state index contributed by atoms with van der Waals surface area (Å²) in [4.78, 5) is 22.3. The molecule has 1 aliphatic carbocycles. The number of carboxylic acids is 1. The summed E-state index contributed by atoms with van der Waals surface area (Å²) in [5, 5.41) is 11.3. The van der Waals surface area contributed by atoms with Crippen LogP contribution in [-0.2, 0) is 16.1 Å². The number of rotatable bonds is 6. The largest absolute Gasteiger partial charge is 0.484 e. The van der Waals surface area contributed by atoms with Gasteiger partial charge in [-0.2, -0.15) is 13.2 Å². The second-order valence-corrected chi connectivity index (χ2v) is 5.05. The number of ether oxygens (including phenoxy) is 1. The molecule has 1 amide bonds. The quantitative estimate of drug-likeness (QED) is 0.841. The first-order chi connectivity index (χ1) is 10.3. The summed E-state index contributed by atoms with van der Waals surface area (Å²) in [5.41, 5.74) is 0.681. The zero-order valence-corrected chi connectivity index (χ0v) is 11.4. The molecule has 1 aliphatic rings. The Kier molecular flexibility index (Phi) is 4.58. The molecule has 5 nitrogen and oxygen atoms in total. The second-order valence-electron chi connectivity index (χ2n) is 5.05. The van der Waals surface area contributed by atoms with E-state index in [0.717, 1.165) is 0 Å². The molecular formula is C14H14F3NO4. The first-order valence-corrected chi connectivity index (χ1v) is 6.55. The highest BCUT2D eigenvalue weighted by atomic mass is 19.4. The minimum atomic E-state index is -4.39. The number of aliphatic carboxylic acids is 1. The van der Waals surface area contributed by atoms with Crippen LogP contribution in [-0.4, -0.2) is 29.8 Å². The number of amides is 1. The van der Waals surface area contributed by atoms with Gasteiger partial charge in [-0.05, 0) is 24.1 Å². The lowest BCUT2D eigenvalue weighted by molar-refractivity contribution is -0.153. The summed E-state index contributed by atoms with van der Waals surface area (Å²) < 4.78 is 40.5. The van der Waals surface area contributed by atoms with Crippen molar-refractivity contribution in [3.8, 4) is 5.75 Å². The van der Waals surface area contributed by atoms with Crippen LogP contribution in [0, 0.1) is 11.8 Å². The lowest BCUT2D eigenvalue weighted by Crippen LogP contribution is -2.25. The van der Waals surface area contributed by atoms with Crippen molar-refractivity contribution in [3.63, 3.8) is 0 Å². The summed E-state index contributed by atoms with van der Waals surface area (Å²) in [6, 6.07) is 5.83. The molecule has 120 valence electrons. The van der Waals surface area contributed by atoms with Crippen LogP contribution in [0.2, 0.25) is 0 Å². The van der Waals surface area contributed by atoms with Gasteiger partial charge in [-0.25, -0.2) is 0 Å². The van der Waals surface area contributed by atoms with Crippen LogP contribution in [0.15, 0.2) is 24.3 Å². The van der Waals surface area contributed by atoms with Gasteiger partial charge in [0.2, 0.25) is 5.91 Å². The summed E-state index contributed by atoms with van der Waals surface area (Å²) in [6.07, 6.45) is -4.05. The number of hydrogen-bond acceptors (Lipinski definition) is 3. The van der Waals surface area contributed by atoms with Crippen LogP contribution in [0.5, 0.6) is 5.75 Å². The predicted octanol–water partition coefficient (Wildman–Crippen LogP) is 1.96. The van der Waals surface area contributed by atoms with Gasteiger partial charge in [-0.1, -0.05) is 12.1 Å². The van der Waals surface area contributed by atoms with Crippen molar-refractivity contribution in [2.24, 2.45) is 11.8 Å². The van der Waals surface area contributed by atoms with E-state index in [4.69, 9.17) is 5.11 Å². The maximum atomic E-state index is 12.0. The Bertz CT molecular complexity index is 556. The molecule has 1 saturated carbocycles. The van der Waals surface area contributed by atoms with Gasteiger partial charge in [0.05, 0.1) is 11.8 Å². The van der Waals surface area contributed by atoms with Gasteiger partial charge in [0.1, 0.15) is 5.75 Å². The molecule has 1 aromatic rings. The van der Waals surface area contributed by atoms with Crippen LogP contribution in [0.4, 0.5) is 13.2 Å². The van der Waals surface area contributed by atoms with E-state index in [0.29, 0.717) is 12.0 Å². The highest BCUT2D eigenvalue weighted by Gasteiger charge is 2.48. The molecule has 0 bridgehead atoms. The molecule has 0 spiro atoms. The Morgan fingerprint density at radius 3 is 2.36 bits per heavy atom. The normalized spacial score (nSPS) is 20.3. The Morgan fingerprint density at radius 1 is 1.23 bits per heavy atom. The van der Waals surface area contributed by atoms with Crippen molar-refractivity contribution in [1.82, 2.24) is 5.32 Å². The van der Waals surface area contributed by atoms with Crippen molar-refractivity contribution < 1.29 is 32.6 Å². The van der Waals surface area contributed by atoms with E-state index in [-0.39, 0.29) is 18.2 Å². The van der Waals surface area contributed by atoms with E-state index in [1.54, 1.807) is 0 Å². The summed E-state index contributed by atoms with van der Waals surface area (Å²) in [7, 11) is 0. The van der Waals surface area contributed by atoms with Gasteiger partial charge in [-0.3, -0.25) is 9.59 Å². The Balaban J connectivity index is 1.77. The van der Waals surface area contributed by atoms with Gasteiger partial charge < -0.3 is 15.2 Å². The smallest absolute Gasteiger partial charge is 0.422 e. The average molecular weight is 317 g/mol. The number of hydrogen-bond donors (Lipinski definition) is 2. The third-order valence-corrected chi connectivity index (χ3v) is 3.24. The molecule has 2 rings (SSSR count). The molecule has 0 aromatic heterocycles. The molecule has 0 saturated heterocycles. The number of carbonyl (C=O) groups is 2. The van der Waals surface area contributed by atoms with Gasteiger partial charge in [0, 0.05) is 6.54 Å². The van der Waals surface area contributed by atoms with Crippen LogP contribution in [0.25, 0.3) is 0 Å². The van der Waals surface area contributed by atoms with E-state index in [1.165, 1.54) is 24.3 Å². The van der Waals surface area contributed by atoms with Crippen LogP contribution in [0.3, 0.4) is 0 Å². The molecule has 0 heterocycles. The maximum absolute atomic E-state index is 12.0. The van der Waals surface area contributed by atoms with E-state index < -0.39 is 30.6 Å². The average Bonchev–Trinajstić information content (AvgIpc) is 3.23. The number of carbonyl (C=O) groups excluding carboxylic acids is 1. The number of benzene rings is 1. The molecule has 0 aliphatic heterocycles. The van der Waals surface area contributed by atoms with Crippen molar-refractivity contribution >= 4 is 11.9 Å². The fraction of sp³-hybridized carbons (Fsp3) is 0.429. The number of alkyl halides is 3. The first-order valence-electron chi connectivity index (χ1n) is 6.55. The van der Waals surface area contributed by atoms with E-state index in [9.17, 15) is 22.8 Å². The van der Waals surface area contributed by atoms with Crippen LogP contribution in [0.1, 0.15) is 12.0 Å². The predicted molar refractivity (Wildman–Crippen MR) is 69.1 cm³/mol. The molecule has 22 heavy (non-hydrogen) atoms. The molecule has 2 atom stereocenters. The van der Waals surface area contributed by atoms with Crippen molar-refractivity contribution in [3.05, 3.63) is 29.8 Å². The zero-order chi connectivity index (χ0) is 16.3. The fourth-order valence-corrected chi connectivity index (χ4v) is 1.95. The minimum Gasteiger partial charge on any atom is -0.484 e. The summed E-state index contributed by atoms with van der Waals surface area (Å²) >= 11 is 0. The summed E-state index contributed by atoms with van der Waals surface area (Å²) in [5.74, 6) is -2.33. The Morgan fingerprint density at radius 2 is 1.86 bits per heavy atom. The molecule has 1 fully saturated rings. The lowest BCUT2D eigenvalue weighted by atomic mass is 10.2. The van der Waals surface area contributed by atoms with E-state index in [1.807, 2.05) is 0 Å². The maximum Gasteiger partial charge on any atom is 0.422 e. The number of halogens is 3. The molecule has 8 heteroatoms. The molecule has 0 radical (unpaired) electrons. The SMILES string of the molecule is O=C(O)[C@H]1C[C@@H]1C(=O)NCc1ccc(OCC(F)(F)F)cc1. The third kappa shape index (κ3) is 4.64. The van der Waals surface area contributed by atoms with Crippen molar-refractivity contribution in [2.45, 2.75) is 19.1 Å². The van der Waals surface area contributed by atoms with Gasteiger partial charge in [0.25, 0.3) is 0 Å². The van der Waals surface area contributed by atoms with Gasteiger partial charge >= 0.3 is 12.1 Å². The summed E-state index contributed by atoms with van der Waals surface area (Å²) in [6.45, 7) is -1.18. The number of nitrogens with one attached hydrogen (secondary N) is 1. The lowest BCUT2D eigenvalue weighted by Gasteiger charge is -2.10. The monoisotopic (exact) mass is 317 g/mol. The number of carboxylic acid groups (broad SMARTS) is 1. The molecular weight excluding hydrogens is 303 g/mol. The highest BCUT2D eigenvalue weighted by molar-refractivity contribution is 5.89. The van der Waals surface area contributed by atoms with Crippen LogP contribution >= 0.6 is 0 Å². The van der Waals surface area contributed by atoms with Crippen LogP contribution < -0.4 is 10.1 Å². The first kappa shape index (κ1) is 16.1. The molecule has 0 unspecified atom stereocenters. The highest BCUT2D eigenvalue weighted by Crippen LogP contribution is 2.38. The second kappa shape index (κ2) is 6.25. The zero-order valence-electron chi connectivity index (χ0n) is 11.4. The standard InChI is InChI=1S/C14H14F3NO4/c15-14(16,17)7-22-9-3-1-8(2-4-9)6-18-12(19)10-5-11(10)13(20)21/h1-4,10-11H,5-7H2,(H,18,19)(H,20,21)/t10-,11-/m0/s1. The minimum absolute atomic E-state index is 0.0838. The van der Waals surface area contributed by atoms with Crippen molar-refractivity contribution in [2.75, 3.05) is 6.61 Å². The fourth-order valence-electron chi connectivity index (χ4n) is 1.95. The third-order valence-electron chi connectivity index (χ3n) is 3.24. The molecule has 2 N–H and O–H groups in total.